The summed E-state index contributed by atoms with van der Waals surface area (Å²) in [6.45, 7) is 6.54. The molecule has 2 amide bonds. The Balaban J connectivity index is 2.04. The first-order valence-corrected chi connectivity index (χ1v) is 14.3. The third-order valence-electron chi connectivity index (χ3n) is 5.93. The molecule has 0 radical (unpaired) electrons. The fourth-order valence-corrected chi connectivity index (χ4v) is 5.72. The van der Waals surface area contributed by atoms with E-state index in [1.165, 1.54) is 17.0 Å². The summed E-state index contributed by atoms with van der Waals surface area (Å²) in [4.78, 5) is 28.2. The largest absolute Gasteiger partial charge is 0.352 e. The third-order valence-corrected chi connectivity index (χ3v) is 8.44. The molecule has 0 bridgehead atoms. The first-order chi connectivity index (χ1) is 17.9. The van der Waals surface area contributed by atoms with E-state index in [0.717, 1.165) is 4.31 Å². The Bertz CT molecular complexity index is 1400. The molecule has 0 aliphatic rings. The Morgan fingerprint density at radius 1 is 0.895 bits per heavy atom. The van der Waals surface area contributed by atoms with Gasteiger partial charge in [0.1, 0.15) is 12.6 Å². The number of hydrogen-bond acceptors (Lipinski definition) is 4. The number of carbonyl (C=O) groups is 2. The number of nitrogens with zero attached hydrogens (tertiary/aromatic N) is 2. The van der Waals surface area contributed by atoms with E-state index in [9.17, 15) is 18.0 Å². The molecule has 1 atom stereocenters. The molecular weight excluding hydrogens is 545 g/mol. The lowest BCUT2D eigenvalue weighted by Crippen LogP contribution is -2.52. The molecule has 0 aromatic heterocycles. The Morgan fingerprint density at radius 2 is 1.53 bits per heavy atom. The molecule has 3 aromatic rings. The van der Waals surface area contributed by atoms with Crippen LogP contribution in [-0.4, -0.2) is 43.8 Å². The molecule has 3 rings (SSSR count). The van der Waals surface area contributed by atoms with Gasteiger partial charge in [-0.05, 0) is 69.2 Å². The van der Waals surface area contributed by atoms with Gasteiger partial charge in [0.05, 0.1) is 20.6 Å². The number of benzene rings is 3. The van der Waals surface area contributed by atoms with Crippen molar-refractivity contribution < 1.29 is 18.0 Å². The molecule has 38 heavy (non-hydrogen) atoms. The van der Waals surface area contributed by atoms with Gasteiger partial charge in [-0.15, -0.1) is 0 Å². The van der Waals surface area contributed by atoms with Crippen LogP contribution < -0.4 is 9.62 Å². The van der Waals surface area contributed by atoms with Gasteiger partial charge in [-0.3, -0.25) is 13.9 Å². The predicted octanol–water partition coefficient (Wildman–Crippen LogP) is 5.44. The summed E-state index contributed by atoms with van der Waals surface area (Å²) in [5, 5.41) is 3.49. The Morgan fingerprint density at radius 3 is 2.13 bits per heavy atom. The van der Waals surface area contributed by atoms with E-state index in [1.807, 2.05) is 13.8 Å². The van der Waals surface area contributed by atoms with Crippen LogP contribution in [0.5, 0.6) is 0 Å². The Kier molecular flexibility index (Phi) is 9.82. The molecule has 3 aromatic carbocycles. The van der Waals surface area contributed by atoms with Gasteiger partial charge in [0.15, 0.2) is 0 Å². The molecule has 0 saturated carbocycles. The number of anilines is 1. The van der Waals surface area contributed by atoms with Crippen LogP contribution >= 0.6 is 23.2 Å². The summed E-state index contributed by atoms with van der Waals surface area (Å²) in [6.07, 6.45) is 0. The van der Waals surface area contributed by atoms with Crippen molar-refractivity contribution in [2.45, 2.75) is 51.2 Å². The van der Waals surface area contributed by atoms with Crippen LogP contribution in [0.1, 0.15) is 31.9 Å². The highest BCUT2D eigenvalue weighted by atomic mass is 35.5. The molecule has 1 N–H and O–H groups in total. The number of aryl methyl sites for hydroxylation is 1. The highest BCUT2D eigenvalue weighted by Crippen LogP contribution is 2.28. The van der Waals surface area contributed by atoms with Gasteiger partial charge in [-0.2, -0.15) is 0 Å². The standard InChI is InChI=1S/C28H31Cl2N3O4S/c1-19(2)31-28(35)21(4)32(17-22-14-15-24(29)25(30)16-22)27(34)18-33(26-13-9-8-10-20(26)3)38(36,37)23-11-6-5-7-12-23/h5-16,19,21H,17-18H2,1-4H3,(H,31,35). The van der Waals surface area contributed by atoms with Gasteiger partial charge >= 0.3 is 0 Å². The zero-order chi connectivity index (χ0) is 28.0. The molecule has 0 aliphatic carbocycles. The van der Waals surface area contributed by atoms with E-state index >= 15 is 0 Å². The first kappa shape index (κ1) is 29.5. The van der Waals surface area contributed by atoms with Crippen molar-refractivity contribution in [2.24, 2.45) is 0 Å². The van der Waals surface area contributed by atoms with Crippen LogP contribution in [0.3, 0.4) is 0 Å². The number of nitrogens with one attached hydrogen (secondary N) is 1. The Labute approximate surface area is 234 Å². The Hall–Kier alpha value is -3.07. The highest BCUT2D eigenvalue weighted by Gasteiger charge is 2.33. The van der Waals surface area contributed by atoms with E-state index in [-0.39, 0.29) is 23.4 Å². The molecule has 0 fully saturated rings. The van der Waals surface area contributed by atoms with Crippen LogP contribution in [0.4, 0.5) is 5.69 Å². The summed E-state index contributed by atoms with van der Waals surface area (Å²) < 4.78 is 28.6. The van der Waals surface area contributed by atoms with Crippen molar-refractivity contribution in [3.05, 3.63) is 94.0 Å². The summed E-state index contributed by atoms with van der Waals surface area (Å²) in [7, 11) is -4.11. The lowest BCUT2D eigenvalue weighted by Gasteiger charge is -2.32. The fraction of sp³-hybridized carbons (Fsp3) is 0.286. The minimum absolute atomic E-state index is 0.0232. The zero-order valence-electron chi connectivity index (χ0n) is 21.7. The van der Waals surface area contributed by atoms with Crippen LogP contribution in [0.15, 0.2) is 77.7 Å². The van der Waals surface area contributed by atoms with Crippen LogP contribution in [0, 0.1) is 6.92 Å². The molecule has 0 spiro atoms. The van der Waals surface area contributed by atoms with Crippen molar-refractivity contribution in [2.75, 3.05) is 10.8 Å². The number of rotatable bonds is 10. The lowest BCUT2D eigenvalue weighted by atomic mass is 10.1. The molecule has 0 saturated heterocycles. The second-order valence-electron chi connectivity index (χ2n) is 9.22. The predicted molar refractivity (Wildman–Crippen MR) is 152 cm³/mol. The highest BCUT2D eigenvalue weighted by molar-refractivity contribution is 7.92. The number of amides is 2. The van der Waals surface area contributed by atoms with E-state index in [1.54, 1.807) is 74.5 Å². The topological polar surface area (TPSA) is 86.8 Å². The van der Waals surface area contributed by atoms with Crippen LogP contribution in [-0.2, 0) is 26.2 Å². The van der Waals surface area contributed by atoms with Gasteiger partial charge in [0.25, 0.3) is 10.0 Å². The maximum atomic E-state index is 13.9. The SMILES string of the molecule is Cc1ccccc1N(CC(=O)N(Cc1ccc(Cl)c(Cl)c1)C(C)C(=O)NC(C)C)S(=O)(=O)c1ccccc1. The van der Waals surface area contributed by atoms with Crippen molar-refractivity contribution in [1.82, 2.24) is 10.2 Å². The maximum Gasteiger partial charge on any atom is 0.264 e. The number of carbonyl (C=O) groups excluding carboxylic acids is 2. The van der Waals surface area contributed by atoms with E-state index in [0.29, 0.717) is 26.9 Å². The van der Waals surface area contributed by atoms with Crippen molar-refractivity contribution >= 4 is 50.7 Å². The minimum Gasteiger partial charge on any atom is -0.352 e. The summed E-state index contributed by atoms with van der Waals surface area (Å²) in [6, 6.07) is 18.8. The van der Waals surface area contributed by atoms with E-state index in [4.69, 9.17) is 23.2 Å². The minimum atomic E-state index is -4.11. The molecule has 7 nitrogen and oxygen atoms in total. The van der Waals surface area contributed by atoms with Crippen molar-refractivity contribution in [3.8, 4) is 0 Å². The van der Waals surface area contributed by atoms with Gasteiger partial charge in [0.2, 0.25) is 11.8 Å². The summed E-state index contributed by atoms with van der Waals surface area (Å²) in [5.74, 6) is -0.910. The van der Waals surface area contributed by atoms with Gasteiger partial charge < -0.3 is 10.2 Å². The zero-order valence-corrected chi connectivity index (χ0v) is 24.0. The van der Waals surface area contributed by atoms with Crippen LogP contribution in [0.25, 0.3) is 0 Å². The van der Waals surface area contributed by atoms with Gasteiger partial charge in [-0.25, -0.2) is 8.42 Å². The fourth-order valence-electron chi connectivity index (χ4n) is 3.90. The smallest absolute Gasteiger partial charge is 0.264 e. The molecular formula is C28H31Cl2N3O4S. The summed E-state index contributed by atoms with van der Waals surface area (Å²) in [5.41, 5.74) is 1.70. The van der Waals surface area contributed by atoms with Gasteiger partial charge in [-0.1, -0.05) is 65.7 Å². The maximum absolute atomic E-state index is 13.9. The second-order valence-corrected chi connectivity index (χ2v) is 11.9. The number of para-hydroxylation sites is 1. The number of hydrogen-bond donors (Lipinski definition) is 1. The molecule has 0 heterocycles. The monoisotopic (exact) mass is 575 g/mol. The molecule has 0 aliphatic heterocycles. The first-order valence-electron chi connectivity index (χ1n) is 12.1. The normalized spacial score (nSPS) is 12.2. The van der Waals surface area contributed by atoms with Crippen molar-refractivity contribution in [1.29, 1.82) is 0 Å². The van der Waals surface area contributed by atoms with Gasteiger partial charge in [0, 0.05) is 12.6 Å². The molecule has 1 unspecified atom stereocenters. The number of sulfonamides is 1. The second kappa shape index (κ2) is 12.7. The number of halogens is 2. The quantitative estimate of drug-likeness (QED) is 0.348. The third kappa shape index (κ3) is 7.07. The summed E-state index contributed by atoms with van der Waals surface area (Å²) >= 11 is 12.3. The van der Waals surface area contributed by atoms with E-state index < -0.39 is 28.5 Å². The van der Waals surface area contributed by atoms with Crippen LogP contribution in [0.2, 0.25) is 10.0 Å². The molecule has 202 valence electrons. The van der Waals surface area contributed by atoms with E-state index in [2.05, 4.69) is 5.32 Å². The average molecular weight is 577 g/mol. The van der Waals surface area contributed by atoms with Crippen molar-refractivity contribution in [3.63, 3.8) is 0 Å². The lowest BCUT2D eigenvalue weighted by molar-refractivity contribution is -0.139. The average Bonchev–Trinajstić information content (AvgIpc) is 2.88. The molecule has 10 heteroatoms.